The van der Waals surface area contributed by atoms with E-state index in [9.17, 15) is 9.18 Å². The second kappa shape index (κ2) is 8.69. The lowest BCUT2D eigenvalue weighted by Gasteiger charge is -2.38. The minimum atomic E-state index is -0.344. The van der Waals surface area contributed by atoms with Gasteiger partial charge in [0.15, 0.2) is 0 Å². The van der Waals surface area contributed by atoms with E-state index in [0.29, 0.717) is 12.1 Å². The number of rotatable bonds is 5. The maximum Gasteiger partial charge on any atom is 0.251 e. The fourth-order valence-electron chi connectivity index (χ4n) is 4.21. The first kappa shape index (κ1) is 18.9. The van der Waals surface area contributed by atoms with Gasteiger partial charge in [-0.2, -0.15) is 0 Å². The third-order valence-corrected chi connectivity index (χ3v) is 5.85. The van der Waals surface area contributed by atoms with Crippen LogP contribution in [0.15, 0.2) is 42.6 Å². The zero-order valence-corrected chi connectivity index (χ0v) is 16.1. The van der Waals surface area contributed by atoms with Gasteiger partial charge in [0.05, 0.1) is 0 Å². The summed E-state index contributed by atoms with van der Waals surface area (Å²) in [6, 6.07) is 10.3. The Labute approximate surface area is 165 Å². The molecule has 0 spiro atoms. The highest BCUT2D eigenvalue weighted by atomic mass is 19.1. The van der Waals surface area contributed by atoms with Gasteiger partial charge in [0.2, 0.25) is 0 Å². The second-order valence-corrected chi connectivity index (χ2v) is 7.67. The Morgan fingerprint density at radius 1 is 1.07 bits per heavy atom. The van der Waals surface area contributed by atoms with Crippen molar-refractivity contribution >= 4 is 11.7 Å². The van der Waals surface area contributed by atoms with Gasteiger partial charge in [-0.3, -0.25) is 9.69 Å². The molecule has 1 aliphatic heterocycles. The Balaban J connectivity index is 1.31. The summed E-state index contributed by atoms with van der Waals surface area (Å²) in [5.41, 5.74) is 1.47. The largest absolute Gasteiger partial charge is 0.354 e. The summed E-state index contributed by atoms with van der Waals surface area (Å²) >= 11 is 0. The SMILES string of the molecule is O=C(NCc1ccnc(N2CCN(C3CCCC3)CC2)c1)c1ccc(F)cc1. The molecule has 0 unspecified atom stereocenters. The van der Waals surface area contributed by atoms with Crippen molar-refractivity contribution in [1.29, 1.82) is 0 Å². The van der Waals surface area contributed by atoms with E-state index < -0.39 is 0 Å². The van der Waals surface area contributed by atoms with E-state index in [2.05, 4.69) is 26.2 Å². The number of benzene rings is 1. The van der Waals surface area contributed by atoms with Crippen molar-refractivity contribution in [1.82, 2.24) is 15.2 Å². The summed E-state index contributed by atoms with van der Waals surface area (Å²) in [4.78, 5) is 21.7. The van der Waals surface area contributed by atoms with Crippen molar-refractivity contribution in [3.63, 3.8) is 0 Å². The molecular formula is C22H27FN4O. The minimum Gasteiger partial charge on any atom is -0.354 e. The van der Waals surface area contributed by atoms with Crippen LogP contribution in [0, 0.1) is 5.82 Å². The summed E-state index contributed by atoms with van der Waals surface area (Å²) < 4.78 is 13.0. The molecule has 148 valence electrons. The Morgan fingerprint density at radius 2 is 1.79 bits per heavy atom. The number of pyridine rings is 1. The smallest absolute Gasteiger partial charge is 0.251 e. The topological polar surface area (TPSA) is 48.5 Å². The Morgan fingerprint density at radius 3 is 2.50 bits per heavy atom. The molecule has 2 aliphatic rings. The molecule has 1 N–H and O–H groups in total. The normalized spacial score (nSPS) is 18.4. The van der Waals surface area contributed by atoms with Crippen LogP contribution >= 0.6 is 0 Å². The predicted octanol–water partition coefficient (Wildman–Crippen LogP) is 3.22. The third-order valence-electron chi connectivity index (χ3n) is 5.85. The summed E-state index contributed by atoms with van der Waals surface area (Å²) in [5.74, 6) is 0.423. The van der Waals surface area contributed by atoms with Crippen molar-refractivity contribution in [2.45, 2.75) is 38.3 Å². The summed E-state index contributed by atoms with van der Waals surface area (Å²) in [6.45, 7) is 4.60. The number of anilines is 1. The van der Waals surface area contributed by atoms with Crippen LogP contribution in [0.25, 0.3) is 0 Å². The molecule has 1 aliphatic carbocycles. The quantitative estimate of drug-likeness (QED) is 0.863. The summed E-state index contributed by atoms with van der Waals surface area (Å²) in [7, 11) is 0. The molecule has 28 heavy (non-hydrogen) atoms. The average Bonchev–Trinajstić information content (AvgIpc) is 3.28. The van der Waals surface area contributed by atoms with E-state index in [1.54, 1.807) is 6.20 Å². The van der Waals surface area contributed by atoms with Crippen LogP contribution in [-0.4, -0.2) is 48.0 Å². The standard InChI is InChI=1S/C22H27FN4O/c23-19-7-5-18(6-8-19)22(28)25-16-17-9-10-24-21(15-17)27-13-11-26(12-14-27)20-3-1-2-4-20/h5-10,15,20H,1-4,11-14,16H2,(H,25,28). The molecule has 1 amide bonds. The van der Waals surface area contributed by atoms with Gasteiger partial charge >= 0.3 is 0 Å². The van der Waals surface area contributed by atoms with Gasteiger partial charge in [0, 0.05) is 50.5 Å². The zero-order valence-electron chi connectivity index (χ0n) is 16.1. The summed E-state index contributed by atoms with van der Waals surface area (Å²) in [6.07, 6.45) is 7.25. The molecule has 2 aromatic rings. The van der Waals surface area contributed by atoms with Crippen LogP contribution in [0.5, 0.6) is 0 Å². The Bertz CT molecular complexity index is 796. The van der Waals surface area contributed by atoms with Gasteiger partial charge in [0.1, 0.15) is 11.6 Å². The molecule has 1 aromatic heterocycles. The van der Waals surface area contributed by atoms with Gasteiger partial charge < -0.3 is 10.2 Å². The molecule has 1 saturated carbocycles. The van der Waals surface area contributed by atoms with Crippen molar-refractivity contribution in [3.8, 4) is 0 Å². The van der Waals surface area contributed by atoms with Crippen molar-refractivity contribution in [2.75, 3.05) is 31.1 Å². The number of carbonyl (C=O) groups is 1. The highest BCUT2D eigenvalue weighted by molar-refractivity contribution is 5.94. The molecule has 6 heteroatoms. The first-order valence-corrected chi connectivity index (χ1v) is 10.2. The van der Waals surface area contributed by atoms with E-state index in [-0.39, 0.29) is 11.7 Å². The van der Waals surface area contributed by atoms with Crippen molar-refractivity contribution in [2.24, 2.45) is 0 Å². The van der Waals surface area contributed by atoms with E-state index >= 15 is 0 Å². The molecule has 0 radical (unpaired) electrons. The van der Waals surface area contributed by atoms with Crippen LogP contribution < -0.4 is 10.2 Å². The van der Waals surface area contributed by atoms with Gasteiger partial charge in [-0.05, 0) is 54.8 Å². The molecule has 4 rings (SSSR count). The third kappa shape index (κ3) is 4.50. The average molecular weight is 382 g/mol. The van der Waals surface area contributed by atoms with Gasteiger partial charge in [-0.15, -0.1) is 0 Å². The Kier molecular flexibility index (Phi) is 5.86. The lowest BCUT2D eigenvalue weighted by atomic mass is 10.1. The number of amides is 1. The van der Waals surface area contributed by atoms with Gasteiger partial charge in [-0.25, -0.2) is 9.37 Å². The predicted molar refractivity (Wildman–Crippen MR) is 108 cm³/mol. The Hall–Kier alpha value is -2.47. The van der Waals surface area contributed by atoms with Crippen LogP contribution in [-0.2, 0) is 6.54 Å². The number of hydrogen-bond acceptors (Lipinski definition) is 4. The number of carbonyl (C=O) groups excluding carboxylic acids is 1. The second-order valence-electron chi connectivity index (χ2n) is 7.67. The molecule has 0 bridgehead atoms. The fourth-order valence-corrected chi connectivity index (χ4v) is 4.21. The van der Waals surface area contributed by atoms with Gasteiger partial charge in [0.25, 0.3) is 5.91 Å². The maximum atomic E-state index is 13.0. The summed E-state index contributed by atoms with van der Waals surface area (Å²) in [5, 5.41) is 2.89. The molecule has 2 heterocycles. The fraction of sp³-hybridized carbons (Fsp3) is 0.455. The lowest BCUT2D eigenvalue weighted by Crippen LogP contribution is -2.50. The number of hydrogen-bond donors (Lipinski definition) is 1. The highest BCUT2D eigenvalue weighted by Gasteiger charge is 2.26. The van der Waals surface area contributed by atoms with E-state index in [4.69, 9.17) is 0 Å². The number of nitrogens with one attached hydrogen (secondary N) is 1. The van der Waals surface area contributed by atoms with E-state index in [1.807, 2.05) is 6.07 Å². The number of piperazine rings is 1. The molecule has 2 fully saturated rings. The number of aromatic nitrogens is 1. The molecular weight excluding hydrogens is 355 g/mol. The monoisotopic (exact) mass is 382 g/mol. The number of nitrogens with zero attached hydrogens (tertiary/aromatic N) is 3. The maximum absolute atomic E-state index is 13.0. The molecule has 5 nitrogen and oxygen atoms in total. The highest BCUT2D eigenvalue weighted by Crippen LogP contribution is 2.25. The van der Waals surface area contributed by atoms with Crippen molar-refractivity contribution in [3.05, 3.63) is 59.5 Å². The van der Waals surface area contributed by atoms with Crippen LogP contribution in [0.3, 0.4) is 0 Å². The first-order chi connectivity index (χ1) is 13.7. The van der Waals surface area contributed by atoms with Crippen LogP contribution in [0.2, 0.25) is 0 Å². The number of halogens is 1. The van der Waals surface area contributed by atoms with E-state index in [0.717, 1.165) is 43.6 Å². The lowest BCUT2D eigenvalue weighted by molar-refractivity contribution is 0.0951. The molecule has 1 saturated heterocycles. The zero-order chi connectivity index (χ0) is 19.3. The minimum absolute atomic E-state index is 0.205. The van der Waals surface area contributed by atoms with Gasteiger partial charge in [-0.1, -0.05) is 12.8 Å². The molecule has 1 aromatic carbocycles. The van der Waals surface area contributed by atoms with Crippen LogP contribution in [0.4, 0.5) is 10.2 Å². The van der Waals surface area contributed by atoms with Crippen LogP contribution in [0.1, 0.15) is 41.6 Å². The first-order valence-electron chi connectivity index (χ1n) is 10.2. The molecule has 0 atom stereocenters. The van der Waals surface area contributed by atoms with E-state index in [1.165, 1.54) is 49.9 Å². The van der Waals surface area contributed by atoms with Crippen molar-refractivity contribution < 1.29 is 9.18 Å².